The largest absolute Gasteiger partial charge is 0.487 e. The molecule has 1 fully saturated rings. The summed E-state index contributed by atoms with van der Waals surface area (Å²) in [6, 6.07) is 6.15. The van der Waals surface area contributed by atoms with Gasteiger partial charge in [0.15, 0.2) is 0 Å². The maximum atomic E-state index is 11.9. The van der Waals surface area contributed by atoms with Gasteiger partial charge in [0.25, 0.3) is 0 Å². The highest BCUT2D eigenvalue weighted by Gasteiger charge is 2.29. The van der Waals surface area contributed by atoms with Crippen LogP contribution in [0, 0.1) is 19.8 Å². The summed E-state index contributed by atoms with van der Waals surface area (Å²) in [5.41, 5.74) is 2.46. The molecule has 1 saturated heterocycles. The molecule has 0 saturated carbocycles. The van der Waals surface area contributed by atoms with Crippen molar-refractivity contribution in [2.24, 2.45) is 5.92 Å². The van der Waals surface area contributed by atoms with Gasteiger partial charge in [0.1, 0.15) is 24.8 Å². The lowest BCUT2D eigenvalue weighted by molar-refractivity contribution is -0.907. The monoisotopic (exact) mass is 306 g/mol. The molecule has 1 aliphatic heterocycles. The Labute approximate surface area is 133 Å². The Morgan fingerprint density at radius 1 is 1.36 bits per heavy atom. The molecule has 4 nitrogen and oxygen atoms in total. The minimum atomic E-state index is -0.0323. The second-order valence-corrected chi connectivity index (χ2v) is 6.09. The number of rotatable bonds is 6. The van der Waals surface area contributed by atoms with Crippen LogP contribution < -0.4 is 9.64 Å². The van der Waals surface area contributed by atoms with Crippen molar-refractivity contribution in [3.63, 3.8) is 0 Å². The number of nitrogens with one attached hydrogen (secondary N) is 1. The quantitative estimate of drug-likeness (QED) is 0.811. The van der Waals surface area contributed by atoms with Gasteiger partial charge in [0.05, 0.1) is 19.7 Å². The van der Waals surface area contributed by atoms with E-state index in [9.17, 15) is 4.79 Å². The molecule has 1 aromatic rings. The van der Waals surface area contributed by atoms with Crippen molar-refractivity contribution in [3.05, 3.63) is 29.3 Å². The summed E-state index contributed by atoms with van der Waals surface area (Å²) in [6.45, 7) is 10.1. The van der Waals surface area contributed by atoms with Crippen LogP contribution in [-0.2, 0) is 9.53 Å². The van der Waals surface area contributed by atoms with E-state index in [4.69, 9.17) is 9.47 Å². The van der Waals surface area contributed by atoms with E-state index in [-0.39, 0.29) is 11.9 Å². The smallest absolute Gasteiger partial charge is 0.314 e. The van der Waals surface area contributed by atoms with E-state index in [2.05, 4.69) is 19.9 Å². The lowest BCUT2D eigenvalue weighted by Crippen LogP contribution is -3.14. The van der Waals surface area contributed by atoms with Crippen molar-refractivity contribution in [1.82, 2.24) is 0 Å². The van der Waals surface area contributed by atoms with E-state index in [1.54, 1.807) is 0 Å². The maximum Gasteiger partial charge on any atom is 0.314 e. The molecule has 0 bridgehead atoms. The van der Waals surface area contributed by atoms with Crippen molar-refractivity contribution in [2.45, 2.75) is 33.6 Å². The third-order valence-corrected chi connectivity index (χ3v) is 4.51. The molecule has 1 aliphatic rings. The van der Waals surface area contributed by atoms with Crippen molar-refractivity contribution < 1.29 is 19.2 Å². The second kappa shape index (κ2) is 8.18. The molecule has 2 atom stereocenters. The molecule has 4 heteroatoms. The fraction of sp³-hybridized carbons (Fsp3) is 0.611. The SMILES string of the molecule is CCOC(=O)[C@@H]1CCC[NH+](CCOc2cccc(C)c2C)C1. The number of benzene rings is 1. The van der Waals surface area contributed by atoms with Gasteiger partial charge < -0.3 is 14.4 Å². The summed E-state index contributed by atoms with van der Waals surface area (Å²) >= 11 is 0. The van der Waals surface area contributed by atoms with Crippen LogP contribution in [-0.4, -0.2) is 38.8 Å². The van der Waals surface area contributed by atoms with Gasteiger partial charge in [-0.1, -0.05) is 12.1 Å². The van der Waals surface area contributed by atoms with Gasteiger partial charge in [0, 0.05) is 0 Å². The average Bonchev–Trinajstić information content (AvgIpc) is 2.52. The predicted molar refractivity (Wildman–Crippen MR) is 86.3 cm³/mol. The van der Waals surface area contributed by atoms with Crippen LogP contribution in [0.3, 0.4) is 0 Å². The molecular weight excluding hydrogens is 278 g/mol. The summed E-state index contributed by atoms with van der Waals surface area (Å²) in [7, 11) is 0. The Bertz CT molecular complexity index is 501. The first-order valence-corrected chi connectivity index (χ1v) is 8.31. The van der Waals surface area contributed by atoms with E-state index in [0.29, 0.717) is 13.2 Å². The molecule has 2 rings (SSSR count). The predicted octanol–water partition coefficient (Wildman–Crippen LogP) is 1.54. The first-order chi connectivity index (χ1) is 10.6. The fourth-order valence-electron chi connectivity index (χ4n) is 3.03. The molecule has 1 N–H and O–H groups in total. The van der Waals surface area contributed by atoms with Gasteiger partial charge in [0.2, 0.25) is 0 Å². The molecular formula is C18H28NO3+. The molecule has 122 valence electrons. The lowest BCUT2D eigenvalue weighted by Gasteiger charge is -2.28. The van der Waals surface area contributed by atoms with Crippen LogP contribution in [0.1, 0.15) is 30.9 Å². The number of esters is 1. The van der Waals surface area contributed by atoms with E-state index < -0.39 is 0 Å². The Hall–Kier alpha value is -1.55. The molecule has 1 unspecified atom stereocenters. The van der Waals surface area contributed by atoms with Crippen LogP contribution >= 0.6 is 0 Å². The van der Waals surface area contributed by atoms with Crippen LogP contribution in [0.4, 0.5) is 0 Å². The number of hydrogen-bond donors (Lipinski definition) is 1. The lowest BCUT2D eigenvalue weighted by atomic mass is 9.98. The first-order valence-electron chi connectivity index (χ1n) is 8.31. The number of quaternary nitrogens is 1. The van der Waals surface area contributed by atoms with Crippen molar-refractivity contribution in [2.75, 3.05) is 32.8 Å². The number of hydrogen-bond acceptors (Lipinski definition) is 3. The number of carbonyl (C=O) groups excluding carboxylic acids is 1. The standard InChI is InChI=1S/C18H27NO3/c1-4-21-18(20)16-8-6-10-19(13-16)11-12-22-17-9-5-7-14(2)15(17)3/h5,7,9,16H,4,6,8,10-13H2,1-3H3/p+1/t16-/m1/s1. The number of ether oxygens (including phenoxy) is 2. The van der Waals surface area contributed by atoms with Crippen molar-refractivity contribution >= 4 is 5.97 Å². The van der Waals surface area contributed by atoms with E-state index >= 15 is 0 Å². The molecule has 0 amide bonds. The highest BCUT2D eigenvalue weighted by molar-refractivity contribution is 5.72. The van der Waals surface area contributed by atoms with Crippen LogP contribution in [0.2, 0.25) is 0 Å². The summed E-state index contributed by atoms with van der Waals surface area (Å²) in [4.78, 5) is 13.3. The number of carbonyl (C=O) groups is 1. The van der Waals surface area contributed by atoms with Gasteiger partial charge in [-0.25, -0.2) is 0 Å². The molecule has 0 spiro atoms. The Kier molecular flexibility index (Phi) is 6.25. The molecule has 1 aromatic carbocycles. The fourth-order valence-corrected chi connectivity index (χ4v) is 3.03. The van der Waals surface area contributed by atoms with E-state index in [1.807, 2.05) is 19.1 Å². The zero-order chi connectivity index (χ0) is 15.9. The van der Waals surface area contributed by atoms with Gasteiger partial charge in [-0.05, 0) is 50.8 Å². The highest BCUT2D eigenvalue weighted by atomic mass is 16.5. The Balaban J connectivity index is 1.79. The van der Waals surface area contributed by atoms with Gasteiger partial charge in [-0.15, -0.1) is 0 Å². The number of aryl methyl sites for hydroxylation is 1. The van der Waals surface area contributed by atoms with Crippen molar-refractivity contribution in [1.29, 1.82) is 0 Å². The zero-order valence-corrected chi connectivity index (χ0v) is 14.0. The summed E-state index contributed by atoms with van der Waals surface area (Å²) in [5, 5.41) is 0. The summed E-state index contributed by atoms with van der Waals surface area (Å²) < 4.78 is 11.1. The molecule has 0 aromatic heterocycles. The van der Waals surface area contributed by atoms with Crippen LogP contribution in [0.25, 0.3) is 0 Å². The normalized spacial score (nSPS) is 21.4. The summed E-state index contributed by atoms with van der Waals surface area (Å²) in [6.07, 6.45) is 2.04. The van der Waals surface area contributed by atoms with E-state index in [0.717, 1.165) is 38.2 Å². The molecule has 0 aliphatic carbocycles. The minimum absolute atomic E-state index is 0.0323. The van der Waals surface area contributed by atoms with Crippen LogP contribution in [0.15, 0.2) is 18.2 Å². The first kappa shape index (κ1) is 16.8. The van der Waals surface area contributed by atoms with Gasteiger partial charge in [-0.3, -0.25) is 4.79 Å². The molecule has 22 heavy (non-hydrogen) atoms. The van der Waals surface area contributed by atoms with Crippen LogP contribution in [0.5, 0.6) is 5.75 Å². The summed E-state index contributed by atoms with van der Waals surface area (Å²) in [5.74, 6) is 0.998. The molecule has 1 heterocycles. The van der Waals surface area contributed by atoms with Gasteiger partial charge >= 0.3 is 5.97 Å². The minimum Gasteiger partial charge on any atom is -0.487 e. The Morgan fingerprint density at radius 2 is 2.18 bits per heavy atom. The Morgan fingerprint density at radius 3 is 2.95 bits per heavy atom. The van der Waals surface area contributed by atoms with E-state index in [1.165, 1.54) is 16.0 Å². The molecule has 0 radical (unpaired) electrons. The topological polar surface area (TPSA) is 40.0 Å². The highest BCUT2D eigenvalue weighted by Crippen LogP contribution is 2.20. The average molecular weight is 306 g/mol. The number of piperidine rings is 1. The number of likely N-dealkylation sites (tertiary alicyclic amines) is 1. The maximum absolute atomic E-state index is 11.9. The second-order valence-electron chi connectivity index (χ2n) is 6.09. The third kappa shape index (κ3) is 4.47. The van der Waals surface area contributed by atoms with Crippen molar-refractivity contribution in [3.8, 4) is 5.75 Å². The zero-order valence-electron chi connectivity index (χ0n) is 14.0. The van der Waals surface area contributed by atoms with Gasteiger partial charge in [-0.2, -0.15) is 0 Å². The third-order valence-electron chi connectivity index (χ3n) is 4.51.